The Morgan fingerprint density at radius 1 is 1.02 bits per heavy atom. The van der Waals surface area contributed by atoms with Gasteiger partial charge < -0.3 is 44.1 Å². The van der Waals surface area contributed by atoms with Crippen LogP contribution in [0.4, 0.5) is 0 Å². The minimum atomic E-state index is -2.14. The van der Waals surface area contributed by atoms with Gasteiger partial charge in [0.05, 0.1) is 25.2 Å². The van der Waals surface area contributed by atoms with Crippen molar-refractivity contribution in [2.24, 2.45) is 0 Å². The lowest BCUT2D eigenvalue weighted by Crippen LogP contribution is -2.50. The van der Waals surface area contributed by atoms with Crippen molar-refractivity contribution in [3.8, 4) is 11.5 Å². The minimum absolute atomic E-state index is 0.0667. The molecule has 1 amide bonds. The van der Waals surface area contributed by atoms with Crippen LogP contribution in [-0.2, 0) is 25.5 Å². The number of esters is 1. The van der Waals surface area contributed by atoms with Crippen molar-refractivity contribution in [1.82, 2.24) is 9.80 Å². The van der Waals surface area contributed by atoms with E-state index in [1.165, 1.54) is 4.90 Å². The van der Waals surface area contributed by atoms with Crippen LogP contribution in [-0.4, -0.2) is 107 Å². The first-order valence-corrected chi connectivity index (χ1v) is 16.5. The van der Waals surface area contributed by atoms with Crippen LogP contribution in [0.2, 0.25) is 0 Å². The maximum absolute atomic E-state index is 14.2. The van der Waals surface area contributed by atoms with Crippen LogP contribution >= 0.6 is 0 Å². The molecule has 0 radical (unpaired) electrons. The number of likely N-dealkylation sites (tertiary alicyclic amines) is 1. The first-order chi connectivity index (χ1) is 21.5. The molecule has 3 N–H and O–H groups in total. The van der Waals surface area contributed by atoms with Gasteiger partial charge in [-0.1, -0.05) is 0 Å². The van der Waals surface area contributed by atoms with Crippen molar-refractivity contribution in [1.29, 1.82) is 0 Å². The summed E-state index contributed by atoms with van der Waals surface area (Å²) in [7, 11) is 1.56. The third-order valence-electron chi connectivity index (χ3n) is 9.53. The maximum Gasteiger partial charge on any atom is 0.339 e. The van der Waals surface area contributed by atoms with Crippen molar-refractivity contribution >= 4 is 11.9 Å². The van der Waals surface area contributed by atoms with Crippen LogP contribution in [0.3, 0.4) is 0 Å². The second-order valence-corrected chi connectivity index (χ2v) is 13.7. The van der Waals surface area contributed by atoms with Gasteiger partial charge in [-0.3, -0.25) is 4.79 Å². The molecule has 11 heteroatoms. The van der Waals surface area contributed by atoms with Crippen molar-refractivity contribution in [3.63, 3.8) is 0 Å². The molecule has 0 aliphatic carbocycles. The summed E-state index contributed by atoms with van der Waals surface area (Å²) in [6, 6.07) is 3.99. The van der Waals surface area contributed by atoms with E-state index in [2.05, 4.69) is 4.90 Å². The molecule has 5 rings (SSSR count). The van der Waals surface area contributed by atoms with Gasteiger partial charge in [0.15, 0.2) is 23.2 Å². The molecular weight excluding hydrogens is 580 g/mol. The number of benzene rings is 1. The molecule has 1 fully saturated rings. The van der Waals surface area contributed by atoms with Crippen LogP contribution in [0.1, 0.15) is 88.7 Å². The molecule has 2 unspecified atom stereocenters. The number of nitrogens with zero attached hydrogens (tertiary/aromatic N) is 2. The highest BCUT2D eigenvalue weighted by Crippen LogP contribution is 2.42. The fourth-order valence-corrected chi connectivity index (χ4v) is 6.99. The molecule has 4 aliphatic rings. The molecular formula is C34H50N2O9. The van der Waals surface area contributed by atoms with Crippen LogP contribution < -0.4 is 9.47 Å². The second kappa shape index (κ2) is 14.3. The Bertz CT molecular complexity index is 1240. The standard InChI is InChI=1S/C34H50N2O9/c1-33(2,40)12-8-13-34(41,19-30(38)36-15-7-9-24(37)20-36)32(39)45-31-26-21-35(14-6-4-5-10-27(31)42-3)16-11-23-17-28-29(18-25(23)26)44-22-43-28/h10,17-18,24,26,31,37,40-41H,4-9,11-16,19-22H2,1-3H3/b27-10+/t24?,26-,31+,34-/m1/s1. The van der Waals surface area contributed by atoms with E-state index in [0.29, 0.717) is 56.0 Å². The predicted octanol–water partition coefficient (Wildman–Crippen LogP) is 3.03. The Labute approximate surface area is 266 Å². The summed E-state index contributed by atoms with van der Waals surface area (Å²) in [5, 5.41) is 32.5. The number of fused-ring (bicyclic) bond motifs is 5. The third-order valence-corrected chi connectivity index (χ3v) is 9.53. The van der Waals surface area contributed by atoms with Gasteiger partial charge in [0.1, 0.15) is 5.76 Å². The Hall–Kier alpha value is -2.86. The zero-order chi connectivity index (χ0) is 32.2. The molecule has 0 spiro atoms. The van der Waals surface area contributed by atoms with Gasteiger partial charge in [-0.25, -0.2) is 4.79 Å². The highest BCUT2D eigenvalue weighted by Gasteiger charge is 2.45. The van der Waals surface area contributed by atoms with Crippen LogP contribution in [0, 0.1) is 0 Å². The number of aliphatic hydroxyl groups is 3. The third kappa shape index (κ3) is 8.30. The van der Waals surface area contributed by atoms with Crippen molar-refractivity contribution in [2.45, 2.75) is 107 Å². The normalized spacial score (nSPS) is 27.7. The quantitative estimate of drug-likeness (QED) is 0.349. The lowest BCUT2D eigenvalue weighted by molar-refractivity contribution is -0.177. The summed E-state index contributed by atoms with van der Waals surface area (Å²) in [4.78, 5) is 31.6. The summed E-state index contributed by atoms with van der Waals surface area (Å²) in [5.74, 6) is 0.202. The number of carbonyl (C=O) groups excluding carboxylic acids is 2. The zero-order valence-electron chi connectivity index (χ0n) is 27.0. The van der Waals surface area contributed by atoms with E-state index in [1.807, 2.05) is 18.2 Å². The molecule has 4 aliphatic heterocycles. The number of hydrogen-bond donors (Lipinski definition) is 3. The SMILES string of the molecule is CO/C1=C/CCCCN2CCc3cc4c(cc3[C@@H](C2)[C@@H]1OC(=O)[C@@](O)(CCCC(C)(C)O)CC(=O)N1CCCC(O)C1)OCO4. The molecule has 11 nitrogen and oxygen atoms in total. The molecule has 1 aromatic rings. The molecule has 0 saturated carbocycles. The van der Waals surface area contributed by atoms with Crippen molar-refractivity contribution in [2.75, 3.05) is 46.6 Å². The molecule has 0 aromatic heterocycles. The number of allylic oxidation sites excluding steroid dienone is 1. The molecule has 1 saturated heterocycles. The average molecular weight is 631 g/mol. The number of hydrogen-bond acceptors (Lipinski definition) is 10. The lowest BCUT2D eigenvalue weighted by atomic mass is 9.86. The molecule has 2 bridgehead atoms. The zero-order valence-corrected chi connectivity index (χ0v) is 27.0. The maximum atomic E-state index is 14.2. The first-order valence-electron chi connectivity index (χ1n) is 16.5. The minimum Gasteiger partial charge on any atom is -0.497 e. The van der Waals surface area contributed by atoms with Gasteiger partial charge in [-0.2, -0.15) is 0 Å². The van der Waals surface area contributed by atoms with E-state index in [4.69, 9.17) is 18.9 Å². The Morgan fingerprint density at radius 2 is 1.80 bits per heavy atom. The predicted molar refractivity (Wildman–Crippen MR) is 166 cm³/mol. The molecule has 1 aromatic carbocycles. The lowest BCUT2D eigenvalue weighted by Gasteiger charge is -2.36. The van der Waals surface area contributed by atoms with Crippen LogP contribution in [0.5, 0.6) is 11.5 Å². The first kappa shape index (κ1) is 33.5. The summed E-state index contributed by atoms with van der Waals surface area (Å²) >= 11 is 0. The largest absolute Gasteiger partial charge is 0.497 e. The van der Waals surface area contributed by atoms with Crippen LogP contribution in [0.25, 0.3) is 0 Å². The number of rotatable bonds is 9. The fourth-order valence-electron chi connectivity index (χ4n) is 6.99. The highest BCUT2D eigenvalue weighted by atomic mass is 16.7. The smallest absolute Gasteiger partial charge is 0.339 e. The van der Waals surface area contributed by atoms with Gasteiger partial charge >= 0.3 is 5.97 Å². The summed E-state index contributed by atoms with van der Waals surface area (Å²) < 4.78 is 23.7. The van der Waals surface area contributed by atoms with E-state index >= 15 is 0 Å². The van der Waals surface area contributed by atoms with Gasteiger partial charge in [-0.15, -0.1) is 0 Å². The van der Waals surface area contributed by atoms with E-state index < -0.39 is 41.7 Å². The van der Waals surface area contributed by atoms with Gasteiger partial charge in [0.2, 0.25) is 12.7 Å². The molecule has 5 atom stereocenters. The topological polar surface area (TPSA) is 138 Å². The highest BCUT2D eigenvalue weighted by molar-refractivity contribution is 5.88. The van der Waals surface area contributed by atoms with Crippen LogP contribution in [0.15, 0.2) is 24.0 Å². The van der Waals surface area contributed by atoms with Gasteiger partial charge in [-0.05, 0) is 108 Å². The molecule has 4 heterocycles. The number of aliphatic hydroxyl groups excluding tert-OH is 1. The Morgan fingerprint density at radius 3 is 2.53 bits per heavy atom. The number of methoxy groups -OCH3 is 1. The Balaban J connectivity index is 1.48. The number of amides is 1. The van der Waals surface area contributed by atoms with E-state index in [-0.39, 0.29) is 25.7 Å². The number of carbonyl (C=O) groups is 2. The van der Waals surface area contributed by atoms with Gasteiger partial charge in [0, 0.05) is 32.1 Å². The van der Waals surface area contributed by atoms with Crippen molar-refractivity contribution < 1.29 is 43.9 Å². The number of ether oxygens (including phenoxy) is 4. The van der Waals surface area contributed by atoms with E-state index in [9.17, 15) is 24.9 Å². The molecule has 250 valence electrons. The second-order valence-electron chi connectivity index (χ2n) is 13.7. The average Bonchev–Trinajstić information content (AvgIpc) is 3.38. The summed E-state index contributed by atoms with van der Waals surface area (Å²) in [6.45, 7) is 6.45. The molecule has 45 heavy (non-hydrogen) atoms. The van der Waals surface area contributed by atoms with Crippen molar-refractivity contribution in [3.05, 3.63) is 35.1 Å². The van der Waals surface area contributed by atoms with E-state index in [1.54, 1.807) is 21.0 Å². The monoisotopic (exact) mass is 630 g/mol. The number of β-amino-alcohol motifs (C(OH)–C–C–N with tert-alkyl or cyclic N) is 1. The summed E-state index contributed by atoms with van der Waals surface area (Å²) in [6.07, 6.45) is 5.32. The van der Waals surface area contributed by atoms with Gasteiger partial charge in [0.25, 0.3) is 0 Å². The fraction of sp³-hybridized carbons (Fsp3) is 0.706. The number of piperidine rings is 1. The Kier molecular flexibility index (Phi) is 10.6. The summed E-state index contributed by atoms with van der Waals surface area (Å²) in [5.41, 5.74) is -1.08. The van der Waals surface area contributed by atoms with E-state index in [0.717, 1.165) is 49.9 Å².